The predicted octanol–water partition coefficient (Wildman–Crippen LogP) is 2.28. The number of aromatic nitrogens is 5. The van der Waals surface area contributed by atoms with Crippen molar-refractivity contribution in [2.45, 2.75) is 25.3 Å². The molecule has 22 heavy (non-hydrogen) atoms. The maximum atomic E-state index is 13.2. The summed E-state index contributed by atoms with van der Waals surface area (Å²) in [6.07, 6.45) is 3.95. The van der Waals surface area contributed by atoms with Gasteiger partial charge in [-0.2, -0.15) is 0 Å². The third kappa shape index (κ3) is 2.67. The standard InChI is InChI=1S/C14H13FN6O/c15-10-2-1-3-12(6-10)21-8-11(17-20-21)7-16-14-19-18-13(22-14)9-4-5-9/h1-3,6,8-9H,4-5,7H2,(H,16,19). The third-order valence-corrected chi connectivity index (χ3v) is 3.40. The summed E-state index contributed by atoms with van der Waals surface area (Å²) in [6, 6.07) is 6.54. The summed E-state index contributed by atoms with van der Waals surface area (Å²) in [6.45, 7) is 0.404. The van der Waals surface area contributed by atoms with Crippen LogP contribution in [0.3, 0.4) is 0 Å². The molecule has 0 aliphatic heterocycles. The van der Waals surface area contributed by atoms with Gasteiger partial charge in [0.1, 0.15) is 11.5 Å². The lowest BCUT2D eigenvalue weighted by atomic mass is 10.3. The third-order valence-electron chi connectivity index (χ3n) is 3.40. The van der Waals surface area contributed by atoms with E-state index in [2.05, 4.69) is 25.8 Å². The zero-order valence-corrected chi connectivity index (χ0v) is 11.6. The Labute approximate surface area is 125 Å². The van der Waals surface area contributed by atoms with E-state index in [0.717, 1.165) is 12.8 Å². The van der Waals surface area contributed by atoms with Crippen LogP contribution in [0.5, 0.6) is 0 Å². The van der Waals surface area contributed by atoms with Crippen LogP contribution in [0.1, 0.15) is 30.3 Å². The zero-order chi connectivity index (χ0) is 14.9. The van der Waals surface area contributed by atoms with Gasteiger partial charge in [-0.05, 0) is 31.0 Å². The Balaban J connectivity index is 1.42. The average molecular weight is 300 g/mol. The van der Waals surface area contributed by atoms with Crippen molar-refractivity contribution in [3.63, 3.8) is 0 Å². The van der Waals surface area contributed by atoms with Crippen molar-refractivity contribution in [3.8, 4) is 5.69 Å². The minimum atomic E-state index is -0.314. The lowest BCUT2D eigenvalue weighted by molar-refractivity contribution is 0.506. The van der Waals surface area contributed by atoms with Crippen LogP contribution < -0.4 is 5.32 Å². The molecule has 112 valence electrons. The van der Waals surface area contributed by atoms with Crippen molar-refractivity contribution in [2.75, 3.05) is 5.32 Å². The van der Waals surface area contributed by atoms with Crippen LogP contribution in [0.15, 0.2) is 34.9 Å². The van der Waals surface area contributed by atoms with Crippen molar-refractivity contribution in [1.29, 1.82) is 0 Å². The van der Waals surface area contributed by atoms with E-state index in [1.165, 1.54) is 16.8 Å². The van der Waals surface area contributed by atoms with Crippen LogP contribution in [0.2, 0.25) is 0 Å². The van der Waals surface area contributed by atoms with Crippen LogP contribution in [0.4, 0.5) is 10.4 Å². The summed E-state index contributed by atoms with van der Waals surface area (Å²) in [7, 11) is 0. The Morgan fingerprint density at radius 2 is 2.18 bits per heavy atom. The van der Waals surface area contributed by atoms with Gasteiger partial charge in [0, 0.05) is 5.92 Å². The summed E-state index contributed by atoms with van der Waals surface area (Å²) < 4.78 is 20.2. The van der Waals surface area contributed by atoms with E-state index in [1.807, 2.05) is 0 Å². The summed E-state index contributed by atoms with van der Waals surface area (Å²) in [4.78, 5) is 0. The first-order chi connectivity index (χ1) is 10.8. The van der Waals surface area contributed by atoms with Crippen molar-refractivity contribution in [3.05, 3.63) is 47.9 Å². The molecule has 0 unspecified atom stereocenters. The summed E-state index contributed by atoms with van der Waals surface area (Å²) in [5.41, 5.74) is 1.31. The zero-order valence-electron chi connectivity index (χ0n) is 11.6. The number of hydrogen-bond donors (Lipinski definition) is 1. The molecule has 1 saturated carbocycles. The average Bonchev–Trinajstić information content (AvgIpc) is 3.09. The molecule has 0 atom stereocenters. The van der Waals surface area contributed by atoms with Gasteiger partial charge in [-0.25, -0.2) is 9.07 Å². The number of benzene rings is 1. The molecule has 8 heteroatoms. The number of hydrogen-bond acceptors (Lipinski definition) is 6. The van der Waals surface area contributed by atoms with E-state index in [9.17, 15) is 4.39 Å². The van der Waals surface area contributed by atoms with E-state index in [4.69, 9.17) is 4.42 Å². The molecule has 0 radical (unpaired) electrons. The SMILES string of the molecule is Fc1cccc(-n2cc(CNc3nnc(C4CC4)o3)nn2)c1. The smallest absolute Gasteiger partial charge is 0.315 e. The van der Waals surface area contributed by atoms with Crippen LogP contribution >= 0.6 is 0 Å². The van der Waals surface area contributed by atoms with Crippen LogP contribution in [-0.4, -0.2) is 25.2 Å². The monoisotopic (exact) mass is 300 g/mol. The number of nitrogens with zero attached hydrogens (tertiary/aromatic N) is 5. The van der Waals surface area contributed by atoms with Gasteiger partial charge in [-0.1, -0.05) is 16.4 Å². The van der Waals surface area contributed by atoms with Gasteiger partial charge in [0.2, 0.25) is 5.89 Å². The molecule has 2 aromatic heterocycles. The lowest BCUT2D eigenvalue weighted by Gasteiger charge is -1.99. The van der Waals surface area contributed by atoms with E-state index in [-0.39, 0.29) is 5.82 Å². The molecule has 1 aliphatic carbocycles. The highest BCUT2D eigenvalue weighted by molar-refractivity contribution is 5.31. The number of halogens is 1. The number of nitrogens with one attached hydrogen (secondary N) is 1. The Kier molecular flexibility index (Phi) is 3.06. The minimum absolute atomic E-state index is 0.314. The Morgan fingerprint density at radius 3 is 3.00 bits per heavy atom. The fraction of sp³-hybridized carbons (Fsp3) is 0.286. The molecule has 0 saturated heterocycles. The largest absolute Gasteiger partial charge is 0.408 e. The van der Waals surface area contributed by atoms with E-state index in [0.29, 0.717) is 35.7 Å². The van der Waals surface area contributed by atoms with Gasteiger partial charge in [-0.15, -0.1) is 10.2 Å². The topological polar surface area (TPSA) is 81.7 Å². The van der Waals surface area contributed by atoms with Gasteiger partial charge in [-0.3, -0.25) is 0 Å². The van der Waals surface area contributed by atoms with Crippen molar-refractivity contribution in [2.24, 2.45) is 0 Å². The molecule has 1 aliphatic rings. The van der Waals surface area contributed by atoms with Gasteiger partial charge in [0.15, 0.2) is 0 Å². The second-order valence-electron chi connectivity index (χ2n) is 5.21. The van der Waals surface area contributed by atoms with Crippen molar-refractivity contribution >= 4 is 6.01 Å². The first kappa shape index (κ1) is 12.9. The van der Waals surface area contributed by atoms with E-state index >= 15 is 0 Å². The highest BCUT2D eigenvalue weighted by Gasteiger charge is 2.29. The molecule has 1 N–H and O–H groups in total. The van der Waals surface area contributed by atoms with Crippen molar-refractivity contribution < 1.29 is 8.81 Å². The Morgan fingerprint density at radius 1 is 1.27 bits per heavy atom. The van der Waals surface area contributed by atoms with Crippen molar-refractivity contribution in [1.82, 2.24) is 25.2 Å². The predicted molar refractivity (Wildman–Crippen MR) is 74.9 cm³/mol. The first-order valence-corrected chi connectivity index (χ1v) is 7.02. The van der Waals surface area contributed by atoms with E-state index < -0.39 is 0 Å². The highest BCUT2D eigenvalue weighted by Crippen LogP contribution is 2.39. The molecule has 3 aromatic rings. The minimum Gasteiger partial charge on any atom is -0.408 e. The van der Waals surface area contributed by atoms with E-state index in [1.54, 1.807) is 18.3 Å². The summed E-state index contributed by atoms with van der Waals surface area (Å²) in [5, 5.41) is 18.9. The maximum Gasteiger partial charge on any atom is 0.315 e. The Hall–Kier alpha value is -2.77. The van der Waals surface area contributed by atoms with Gasteiger partial charge >= 0.3 is 6.01 Å². The van der Waals surface area contributed by atoms with Crippen LogP contribution in [0.25, 0.3) is 5.69 Å². The molecule has 7 nitrogen and oxygen atoms in total. The van der Waals surface area contributed by atoms with Crippen LogP contribution in [-0.2, 0) is 6.54 Å². The molecule has 0 amide bonds. The fourth-order valence-corrected chi connectivity index (χ4v) is 2.09. The second-order valence-corrected chi connectivity index (χ2v) is 5.21. The molecular weight excluding hydrogens is 287 g/mol. The van der Waals surface area contributed by atoms with Crippen LogP contribution in [0, 0.1) is 5.82 Å². The quantitative estimate of drug-likeness (QED) is 0.778. The summed E-state index contributed by atoms with van der Waals surface area (Å²) in [5.74, 6) is 0.800. The summed E-state index contributed by atoms with van der Waals surface area (Å²) >= 11 is 0. The highest BCUT2D eigenvalue weighted by atomic mass is 19.1. The number of rotatable bonds is 5. The normalized spacial score (nSPS) is 14.2. The maximum absolute atomic E-state index is 13.2. The fourth-order valence-electron chi connectivity index (χ4n) is 2.09. The Bertz CT molecular complexity index is 794. The molecule has 4 rings (SSSR count). The second kappa shape index (κ2) is 5.21. The molecule has 1 fully saturated rings. The van der Waals surface area contributed by atoms with Gasteiger partial charge in [0.25, 0.3) is 0 Å². The number of anilines is 1. The molecular formula is C14H13FN6O. The lowest BCUT2D eigenvalue weighted by Crippen LogP contribution is -2.00. The van der Waals surface area contributed by atoms with Gasteiger partial charge in [0.05, 0.1) is 18.4 Å². The van der Waals surface area contributed by atoms with Gasteiger partial charge < -0.3 is 9.73 Å². The first-order valence-electron chi connectivity index (χ1n) is 7.02. The molecule has 1 aromatic carbocycles. The molecule has 0 bridgehead atoms. The molecule has 2 heterocycles. The molecule has 0 spiro atoms.